The summed E-state index contributed by atoms with van der Waals surface area (Å²) in [5.41, 5.74) is 0.998. The van der Waals surface area contributed by atoms with Gasteiger partial charge in [-0.3, -0.25) is 0 Å². The minimum Gasteiger partial charge on any atom is -0.313 e. The van der Waals surface area contributed by atoms with Gasteiger partial charge in [0.2, 0.25) is 0 Å². The Labute approximate surface area is 114 Å². The van der Waals surface area contributed by atoms with Crippen molar-refractivity contribution in [3.05, 3.63) is 33.8 Å². The predicted molar refractivity (Wildman–Crippen MR) is 74.9 cm³/mol. The average Bonchev–Trinajstić information content (AvgIpc) is 2.21. The summed E-state index contributed by atoms with van der Waals surface area (Å²) in [6.07, 6.45) is 3.72. The number of hydrogen-bond donors (Lipinski definition) is 1. The van der Waals surface area contributed by atoms with Gasteiger partial charge in [0.05, 0.1) is 0 Å². The molecule has 0 aliphatic carbocycles. The highest BCUT2D eigenvalue weighted by Crippen LogP contribution is 2.23. The molecule has 1 N–H and O–H groups in total. The van der Waals surface area contributed by atoms with E-state index >= 15 is 0 Å². The van der Waals surface area contributed by atoms with Crippen molar-refractivity contribution in [2.45, 2.75) is 32.7 Å². The molecule has 0 aliphatic heterocycles. The van der Waals surface area contributed by atoms with E-state index in [2.05, 4.69) is 12.2 Å². The Bertz CT molecular complexity index is 282. The van der Waals surface area contributed by atoms with E-state index < -0.39 is 0 Å². The molecular weight excluding hydrogens is 264 g/mol. The molecule has 1 nitrogen and oxygen atoms in total. The number of rotatable bonds is 6. The van der Waals surface area contributed by atoms with Crippen molar-refractivity contribution in [2.75, 3.05) is 6.54 Å². The van der Waals surface area contributed by atoms with Gasteiger partial charge in [-0.2, -0.15) is 0 Å². The van der Waals surface area contributed by atoms with E-state index in [0.717, 1.165) is 28.7 Å². The zero-order chi connectivity index (χ0) is 11.1. The molecule has 1 aromatic carbocycles. The van der Waals surface area contributed by atoms with Gasteiger partial charge in [0.15, 0.2) is 0 Å². The molecule has 0 amide bonds. The Balaban J connectivity index is 0.00000225. The van der Waals surface area contributed by atoms with Crippen LogP contribution in [-0.2, 0) is 6.54 Å². The number of halogens is 3. The minimum atomic E-state index is 0. The van der Waals surface area contributed by atoms with Crippen molar-refractivity contribution in [2.24, 2.45) is 0 Å². The van der Waals surface area contributed by atoms with Gasteiger partial charge in [-0.1, -0.05) is 49.0 Å². The Morgan fingerprint density at radius 1 is 1.12 bits per heavy atom. The molecule has 0 radical (unpaired) electrons. The first-order valence-electron chi connectivity index (χ1n) is 5.39. The molecule has 0 heterocycles. The minimum absolute atomic E-state index is 0. The van der Waals surface area contributed by atoms with E-state index in [1.54, 1.807) is 0 Å². The van der Waals surface area contributed by atoms with E-state index in [0.29, 0.717) is 0 Å². The zero-order valence-electron chi connectivity index (χ0n) is 9.43. The van der Waals surface area contributed by atoms with Crippen LogP contribution in [-0.4, -0.2) is 6.54 Å². The molecule has 4 heteroatoms. The van der Waals surface area contributed by atoms with Crippen molar-refractivity contribution in [1.82, 2.24) is 5.32 Å². The molecule has 0 spiro atoms. The van der Waals surface area contributed by atoms with E-state index in [1.165, 1.54) is 19.3 Å². The second-order valence-corrected chi connectivity index (χ2v) is 4.40. The molecule has 0 aromatic heterocycles. The fourth-order valence-electron chi connectivity index (χ4n) is 1.41. The zero-order valence-corrected chi connectivity index (χ0v) is 11.8. The lowest BCUT2D eigenvalue weighted by atomic mass is 10.2. The molecule has 0 atom stereocenters. The summed E-state index contributed by atoms with van der Waals surface area (Å²) < 4.78 is 0. The summed E-state index contributed by atoms with van der Waals surface area (Å²) in [5.74, 6) is 0. The van der Waals surface area contributed by atoms with Crippen LogP contribution in [0.15, 0.2) is 18.2 Å². The Morgan fingerprint density at radius 3 is 2.31 bits per heavy atom. The maximum absolute atomic E-state index is 6.05. The molecule has 0 bridgehead atoms. The number of benzene rings is 1. The van der Waals surface area contributed by atoms with Gasteiger partial charge in [-0.25, -0.2) is 0 Å². The number of hydrogen-bond acceptors (Lipinski definition) is 1. The molecule has 0 saturated carbocycles. The monoisotopic (exact) mass is 281 g/mol. The van der Waals surface area contributed by atoms with E-state index in [-0.39, 0.29) is 12.4 Å². The lowest BCUT2D eigenvalue weighted by molar-refractivity contribution is 0.617. The summed E-state index contributed by atoms with van der Waals surface area (Å²) >= 11 is 12.1. The second kappa shape index (κ2) is 9.12. The first-order chi connectivity index (χ1) is 7.25. The third kappa shape index (κ3) is 5.40. The van der Waals surface area contributed by atoms with Gasteiger partial charge in [-0.15, -0.1) is 12.4 Å². The van der Waals surface area contributed by atoms with Crippen LogP contribution in [0.2, 0.25) is 10.0 Å². The molecule has 1 rings (SSSR count). The van der Waals surface area contributed by atoms with Crippen molar-refractivity contribution < 1.29 is 0 Å². The SMILES string of the molecule is CCCCCNCc1c(Cl)cccc1Cl.Cl. The highest BCUT2D eigenvalue weighted by atomic mass is 35.5. The standard InChI is InChI=1S/C12H17Cl2N.ClH/c1-2-3-4-8-15-9-10-11(13)6-5-7-12(10)14;/h5-7,15H,2-4,8-9H2,1H3;1H. The smallest absolute Gasteiger partial charge is 0.0465 e. The Kier molecular flexibility index (Phi) is 9.15. The molecule has 92 valence electrons. The van der Waals surface area contributed by atoms with Crippen LogP contribution in [0.25, 0.3) is 0 Å². The van der Waals surface area contributed by atoms with Crippen LogP contribution < -0.4 is 5.32 Å². The summed E-state index contributed by atoms with van der Waals surface area (Å²) in [7, 11) is 0. The van der Waals surface area contributed by atoms with Gasteiger partial charge in [0, 0.05) is 22.2 Å². The molecule has 0 fully saturated rings. The maximum Gasteiger partial charge on any atom is 0.0465 e. The van der Waals surface area contributed by atoms with Gasteiger partial charge in [0.1, 0.15) is 0 Å². The first-order valence-corrected chi connectivity index (χ1v) is 6.15. The molecular formula is C12H18Cl3N. The highest BCUT2D eigenvalue weighted by molar-refractivity contribution is 6.35. The van der Waals surface area contributed by atoms with Gasteiger partial charge in [0.25, 0.3) is 0 Å². The van der Waals surface area contributed by atoms with Crippen LogP contribution in [0.3, 0.4) is 0 Å². The summed E-state index contributed by atoms with van der Waals surface area (Å²) in [6, 6.07) is 5.61. The number of unbranched alkanes of at least 4 members (excludes halogenated alkanes) is 2. The van der Waals surface area contributed by atoms with Crippen molar-refractivity contribution >= 4 is 35.6 Å². The van der Waals surface area contributed by atoms with Crippen LogP contribution in [0.4, 0.5) is 0 Å². The summed E-state index contributed by atoms with van der Waals surface area (Å²) in [4.78, 5) is 0. The molecule has 16 heavy (non-hydrogen) atoms. The normalized spacial score (nSPS) is 9.94. The maximum atomic E-state index is 6.05. The van der Waals surface area contributed by atoms with E-state index in [1.807, 2.05) is 18.2 Å². The fraction of sp³-hybridized carbons (Fsp3) is 0.500. The number of nitrogens with one attached hydrogen (secondary N) is 1. The fourth-order valence-corrected chi connectivity index (χ4v) is 1.95. The van der Waals surface area contributed by atoms with Crippen molar-refractivity contribution in [3.8, 4) is 0 Å². The van der Waals surface area contributed by atoms with Gasteiger partial charge >= 0.3 is 0 Å². The Morgan fingerprint density at radius 2 is 1.75 bits per heavy atom. The first kappa shape index (κ1) is 16.1. The summed E-state index contributed by atoms with van der Waals surface area (Å²) in [6.45, 7) is 3.97. The molecule has 0 aliphatic rings. The Hall–Kier alpha value is 0.0500. The van der Waals surface area contributed by atoms with Crippen LogP contribution >= 0.6 is 35.6 Å². The lowest BCUT2D eigenvalue weighted by Gasteiger charge is -2.08. The topological polar surface area (TPSA) is 12.0 Å². The third-order valence-electron chi connectivity index (χ3n) is 2.32. The highest BCUT2D eigenvalue weighted by Gasteiger charge is 2.03. The van der Waals surface area contributed by atoms with Crippen LogP contribution in [0, 0.1) is 0 Å². The van der Waals surface area contributed by atoms with E-state index in [9.17, 15) is 0 Å². The quantitative estimate of drug-likeness (QED) is 0.746. The van der Waals surface area contributed by atoms with Gasteiger partial charge in [-0.05, 0) is 25.1 Å². The lowest BCUT2D eigenvalue weighted by Crippen LogP contribution is -2.15. The van der Waals surface area contributed by atoms with Gasteiger partial charge < -0.3 is 5.32 Å². The molecule has 0 saturated heterocycles. The largest absolute Gasteiger partial charge is 0.313 e. The van der Waals surface area contributed by atoms with Crippen molar-refractivity contribution in [3.63, 3.8) is 0 Å². The van der Waals surface area contributed by atoms with Crippen LogP contribution in [0.1, 0.15) is 31.7 Å². The predicted octanol–water partition coefficient (Wildman–Crippen LogP) is 4.70. The average molecular weight is 283 g/mol. The van der Waals surface area contributed by atoms with Crippen LogP contribution in [0.5, 0.6) is 0 Å². The summed E-state index contributed by atoms with van der Waals surface area (Å²) in [5, 5.41) is 4.83. The molecule has 1 aromatic rings. The molecule has 0 unspecified atom stereocenters. The third-order valence-corrected chi connectivity index (χ3v) is 3.03. The van der Waals surface area contributed by atoms with Crippen molar-refractivity contribution in [1.29, 1.82) is 0 Å². The van der Waals surface area contributed by atoms with E-state index in [4.69, 9.17) is 23.2 Å². The second-order valence-electron chi connectivity index (χ2n) is 3.58.